The van der Waals surface area contributed by atoms with Gasteiger partial charge in [0.05, 0.1) is 5.56 Å². The second-order valence-electron chi connectivity index (χ2n) is 9.30. The maximum absolute atomic E-state index is 13.7. The number of hydrogen-bond acceptors (Lipinski definition) is 5. The second-order valence-corrected chi connectivity index (χ2v) is 9.30. The maximum Gasteiger partial charge on any atom is 0.170 e. The van der Waals surface area contributed by atoms with Gasteiger partial charge in [-0.25, -0.2) is 0 Å². The summed E-state index contributed by atoms with van der Waals surface area (Å²) in [5.74, 6) is -2.51. The molecule has 0 heterocycles. The lowest BCUT2D eigenvalue weighted by Gasteiger charge is -2.43. The van der Waals surface area contributed by atoms with Gasteiger partial charge in [0.1, 0.15) is 0 Å². The molecule has 0 radical (unpaired) electrons. The summed E-state index contributed by atoms with van der Waals surface area (Å²) in [5.41, 5.74) is 1.49. The number of Topliss-reactive ketones (excluding diaryl/α,β-unsaturated/α-hetero) is 2. The Balaban J connectivity index is 2.15. The third-order valence-electron chi connectivity index (χ3n) is 6.60. The van der Waals surface area contributed by atoms with Crippen LogP contribution in [0, 0.1) is 11.3 Å². The number of aromatic hydroxyl groups is 2. The summed E-state index contributed by atoms with van der Waals surface area (Å²) in [4.78, 5) is 39.0. The highest BCUT2D eigenvalue weighted by molar-refractivity contribution is 6.22. The number of aldehydes is 1. The Kier molecular flexibility index (Phi) is 5.76. The van der Waals surface area contributed by atoms with Crippen LogP contribution in [0.2, 0.25) is 0 Å². The number of fused-ring (bicyclic) bond motifs is 2. The van der Waals surface area contributed by atoms with E-state index in [4.69, 9.17) is 0 Å². The van der Waals surface area contributed by atoms with Gasteiger partial charge in [0, 0.05) is 28.0 Å². The summed E-state index contributed by atoms with van der Waals surface area (Å²) in [6.45, 7) is 9.45. The minimum atomic E-state index is -0.919. The van der Waals surface area contributed by atoms with E-state index in [9.17, 15) is 24.6 Å². The van der Waals surface area contributed by atoms with E-state index in [-0.39, 0.29) is 39.7 Å². The van der Waals surface area contributed by atoms with Crippen LogP contribution in [-0.4, -0.2) is 28.1 Å². The largest absolute Gasteiger partial charge is 0.504 e. The van der Waals surface area contributed by atoms with Crippen molar-refractivity contribution in [3.05, 3.63) is 45.6 Å². The molecule has 5 heteroatoms. The Morgan fingerprint density at radius 3 is 2.43 bits per heavy atom. The minimum absolute atomic E-state index is 0.0259. The van der Waals surface area contributed by atoms with E-state index >= 15 is 0 Å². The molecule has 2 aliphatic rings. The quantitative estimate of drug-likeness (QED) is 0.380. The zero-order chi connectivity index (χ0) is 22.4. The molecule has 5 nitrogen and oxygen atoms in total. The number of hydrogen-bond donors (Lipinski definition) is 2. The number of allylic oxidation sites excluding steroid dienone is 4. The summed E-state index contributed by atoms with van der Waals surface area (Å²) in [5, 5.41) is 20.9. The van der Waals surface area contributed by atoms with Crippen molar-refractivity contribution in [3.8, 4) is 11.5 Å². The van der Waals surface area contributed by atoms with Crippen molar-refractivity contribution in [3.63, 3.8) is 0 Å². The molecule has 0 bridgehead atoms. The number of ketones is 2. The van der Waals surface area contributed by atoms with Crippen molar-refractivity contribution < 1.29 is 24.6 Å². The summed E-state index contributed by atoms with van der Waals surface area (Å²) in [6, 6.07) is 0. The first-order valence-corrected chi connectivity index (χ1v) is 10.5. The summed E-state index contributed by atoms with van der Waals surface area (Å²) < 4.78 is 0. The lowest BCUT2D eigenvalue weighted by molar-refractivity contribution is 0.0560. The van der Waals surface area contributed by atoms with Gasteiger partial charge < -0.3 is 10.2 Å². The van der Waals surface area contributed by atoms with Crippen LogP contribution in [-0.2, 0) is 0 Å². The van der Waals surface area contributed by atoms with Crippen LogP contribution < -0.4 is 0 Å². The lowest BCUT2D eigenvalue weighted by Crippen LogP contribution is -2.47. The predicted molar refractivity (Wildman–Crippen MR) is 115 cm³/mol. The van der Waals surface area contributed by atoms with Gasteiger partial charge in [-0.3, -0.25) is 14.4 Å². The Bertz CT molecular complexity index is 992. The highest BCUT2D eigenvalue weighted by Gasteiger charge is 2.53. The Morgan fingerprint density at radius 1 is 1.20 bits per heavy atom. The van der Waals surface area contributed by atoms with Crippen molar-refractivity contribution in [1.29, 1.82) is 0 Å². The van der Waals surface area contributed by atoms with Crippen LogP contribution in [0.5, 0.6) is 11.5 Å². The molecule has 0 saturated carbocycles. The minimum Gasteiger partial charge on any atom is -0.504 e. The van der Waals surface area contributed by atoms with E-state index in [1.807, 2.05) is 13.8 Å². The summed E-state index contributed by atoms with van der Waals surface area (Å²) >= 11 is 0. The van der Waals surface area contributed by atoms with Gasteiger partial charge >= 0.3 is 0 Å². The van der Waals surface area contributed by atoms with Crippen LogP contribution in [0.3, 0.4) is 0 Å². The van der Waals surface area contributed by atoms with Gasteiger partial charge in [-0.05, 0) is 45.4 Å². The number of benzene rings is 1. The predicted octanol–water partition coefficient (Wildman–Crippen LogP) is 5.50. The van der Waals surface area contributed by atoms with Gasteiger partial charge in [0.25, 0.3) is 0 Å². The second kappa shape index (κ2) is 7.86. The molecule has 2 unspecified atom stereocenters. The van der Waals surface area contributed by atoms with Crippen LogP contribution in [0.25, 0.3) is 0 Å². The number of carbonyl (C=O) groups excluding carboxylic acids is 3. The van der Waals surface area contributed by atoms with Crippen molar-refractivity contribution in [2.24, 2.45) is 11.3 Å². The third-order valence-corrected chi connectivity index (χ3v) is 6.60. The first-order chi connectivity index (χ1) is 14.0. The average Bonchev–Trinajstić information content (AvgIpc) is 2.68. The monoisotopic (exact) mass is 410 g/mol. The molecule has 0 spiro atoms. The molecular weight excluding hydrogens is 380 g/mol. The van der Waals surface area contributed by atoms with Gasteiger partial charge in [-0.15, -0.1) is 0 Å². The van der Waals surface area contributed by atoms with E-state index in [1.54, 1.807) is 20.8 Å². The van der Waals surface area contributed by atoms with Crippen molar-refractivity contribution in [2.45, 2.75) is 66.2 Å². The van der Waals surface area contributed by atoms with Crippen LogP contribution in [0.15, 0.2) is 23.3 Å². The fraction of sp³-hybridized carbons (Fsp3) is 0.480. The SMILES string of the molecule is CC(C)=CCCC1=CCC2(C)C(=O)c3c(c(C=O)c(O)c(O)c3C(C)C)C(=O)C2C1. The molecule has 2 N–H and O–H groups in total. The van der Waals surface area contributed by atoms with Crippen molar-refractivity contribution >= 4 is 17.9 Å². The van der Waals surface area contributed by atoms with Crippen molar-refractivity contribution in [1.82, 2.24) is 0 Å². The topological polar surface area (TPSA) is 91.7 Å². The number of phenols is 2. The fourth-order valence-corrected chi connectivity index (χ4v) is 4.84. The normalized spacial score (nSPS) is 23.0. The van der Waals surface area contributed by atoms with E-state index in [0.29, 0.717) is 19.1 Å². The Morgan fingerprint density at radius 2 is 1.87 bits per heavy atom. The Labute approximate surface area is 177 Å². The molecule has 3 rings (SSSR count). The molecule has 0 aromatic heterocycles. The zero-order valence-corrected chi connectivity index (χ0v) is 18.3. The Hall–Kier alpha value is -2.69. The molecular formula is C25H30O5. The molecule has 160 valence electrons. The third kappa shape index (κ3) is 3.30. The van der Waals surface area contributed by atoms with E-state index in [1.165, 1.54) is 5.57 Å². The molecule has 0 aliphatic heterocycles. The first-order valence-electron chi connectivity index (χ1n) is 10.5. The highest BCUT2D eigenvalue weighted by Crippen LogP contribution is 2.53. The van der Waals surface area contributed by atoms with E-state index in [0.717, 1.165) is 18.4 Å². The molecule has 1 aromatic rings. The molecule has 0 amide bonds. The lowest BCUT2D eigenvalue weighted by atomic mass is 9.57. The fourth-order valence-electron chi connectivity index (χ4n) is 4.84. The maximum atomic E-state index is 13.7. The standard InChI is InChI=1S/C25H30O5/c1-13(2)7-6-8-15-9-10-25(5)17(11-15)22(28)19-16(12-26)21(27)23(29)18(14(3)4)20(19)24(25)30/h7,9,12,14,17,27,29H,6,8,10-11H2,1-5H3. The van der Waals surface area contributed by atoms with Gasteiger partial charge in [-0.2, -0.15) is 0 Å². The van der Waals surface area contributed by atoms with Gasteiger partial charge in [-0.1, -0.05) is 44.1 Å². The molecule has 0 saturated heterocycles. The number of rotatable bonds is 5. The molecule has 0 fully saturated rings. The molecule has 2 aliphatic carbocycles. The zero-order valence-electron chi connectivity index (χ0n) is 18.3. The first kappa shape index (κ1) is 22.0. The smallest absolute Gasteiger partial charge is 0.170 e. The van der Waals surface area contributed by atoms with E-state index < -0.39 is 22.8 Å². The average molecular weight is 411 g/mol. The number of carbonyl (C=O) groups is 3. The number of phenolic OH excluding ortho intramolecular Hbond substituents is 2. The van der Waals surface area contributed by atoms with Gasteiger partial charge in [0.15, 0.2) is 29.4 Å². The van der Waals surface area contributed by atoms with Crippen LogP contribution >= 0.6 is 0 Å². The van der Waals surface area contributed by atoms with Crippen molar-refractivity contribution in [2.75, 3.05) is 0 Å². The van der Waals surface area contributed by atoms with Crippen LogP contribution in [0.1, 0.15) is 103 Å². The van der Waals surface area contributed by atoms with Gasteiger partial charge in [0.2, 0.25) is 0 Å². The van der Waals surface area contributed by atoms with E-state index in [2.05, 4.69) is 12.2 Å². The molecule has 2 atom stereocenters. The summed E-state index contributed by atoms with van der Waals surface area (Å²) in [6.07, 6.45) is 7.20. The highest BCUT2D eigenvalue weighted by atomic mass is 16.3. The molecule has 30 heavy (non-hydrogen) atoms. The van der Waals surface area contributed by atoms with Crippen LogP contribution in [0.4, 0.5) is 0 Å². The molecule has 1 aromatic carbocycles. The summed E-state index contributed by atoms with van der Waals surface area (Å²) in [7, 11) is 0.